The molecule has 0 atom stereocenters. The van der Waals surface area contributed by atoms with Gasteiger partial charge in [0.15, 0.2) is 0 Å². The second-order valence-corrected chi connectivity index (χ2v) is 4.11. The van der Waals surface area contributed by atoms with Crippen molar-refractivity contribution in [1.29, 1.82) is 0 Å². The molecular weight excluding hydrogens is 216 g/mol. The molecule has 3 heteroatoms. The Morgan fingerprint density at radius 3 is 2.35 bits per heavy atom. The van der Waals surface area contributed by atoms with Crippen molar-refractivity contribution in [3.63, 3.8) is 0 Å². The van der Waals surface area contributed by atoms with E-state index in [1.54, 1.807) is 0 Å². The Morgan fingerprint density at radius 2 is 1.65 bits per heavy atom. The normalized spacial score (nSPS) is 10.2. The van der Waals surface area contributed by atoms with E-state index in [-0.39, 0.29) is 5.97 Å². The van der Waals surface area contributed by atoms with Gasteiger partial charge in [-0.15, -0.1) is 0 Å². The molecule has 100 valence electrons. The zero-order chi connectivity index (χ0) is 12.8. The van der Waals surface area contributed by atoms with E-state index in [1.165, 1.54) is 38.2 Å². The van der Waals surface area contributed by atoms with Crippen molar-refractivity contribution in [2.45, 2.75) is 51.9 Å². The predicted octanol–water partition coefficient (Wildman–Crippen LogP) is 3.48. The van der Waals surface area contributed by atoms with E-state index in [0.717, 1.165) is 19.4 Å². The average Bonchev–Trinajstić information content (AvgIpc) is 2.35. The van der Waals surface area contributed by atoms with E-state index >= 15 is 0 Å². The summed E-state index contributed by atoms with van der Waals surface area (Å²) in [5.41, 5.74) is 0. The number of carbonyl (C=O) groups excluding carboxylic acids is 1. The molecule has 0 radical (unpaired) electrons. The van der Waals surface area contributed by atoms with Crippen molar-refractivity contribution in [3.05, 3.63) is 12.7 Å². The molecule has 0 bridgehead atoms. The molecule has 0 fully saturated rings. The van der Waals surface area contributed by atoms with Crippen LogP contribution in [0.5, 0.6) is 0 Å². The van der Waals surface area contributed by atoms with Gasteiger partial charge in [0.05, 0.1) is 6.61 Å². The summed E-state index contributed by atoms with van der Waals surface area (Å²) in [7, 11) is 0. The van der Waals surface area contributed by atoms with Crippen LogP contribution < -0.4 is 0 Å². The molecule has 0 aromatic rings. The van der Waals surface area contributed by atoms with Gasteiger partial charge in [0.2, 0.25) is 0 Å². The van der Waals surface area contributed by atoms with Gasteiger partial charge >= 0.3 is 5.97 Å². The third-order valence-electron chi connectivity index (χ3n) is 2.49. The van der Waals surface area contributed by atoms with Gasteiger partial charge in [-0.2, -0.15) is 0 Å². The molecule has 17 heavy (non-hydrogen) atoms. The van der Waals surface area contributed by atoms with Gasteiger partial charge in [0.25, 0.3) is 0 Å². The lowest BCUT2D eigenvalue weighted by molar-refractivity contribution is -0.138. The molecule has 0 N–H and O–H groups in total. The first-order valence-corrected chi connectivity index (χ1v) is 6.68. The molecule has 0 amide bonds. The summed E-state index contributed by atoms with van der Waals surface area (Å²) in [4.78, 5) is 10.7. The van der Waals surface area contributed by atoms with Crippen LogP contribution in [0.25, 0.3) is 0 Å². The van der Waals surface area contributed by atoms with Crippen molar-refractivity contribution in [2.75, 3.05) is 19.8 Å². The van der Waals surface area contributed by atoms with Crippen molar-refractivity contribution in [2.24, 2.45) is 0 Å². The molecule has 0 saturated carbocycles. The first-order valence-electron chi connectivity index (χ1n) is 6.68. The quantitative estimate of drug-likeness (QED) is 0.298. The molecule has 0 aromatic heterocycles. The highest BCUT2D eigenvalue weighted by Gasteiger charge is 1.95. The first kappa shape index (κ1) is 16.2. The number of esters is 1. The number of hydrogen-bond donors (Lipinski definition) is 0. The van der Waals surface area contributed by atoms with Crippen molar-refractivity contribution < 1.29 is 14.3 Å². The molecule has 0 aliphatic heterocycles. The van der Waals surface area contributed by atoms with Crippen molar-refractivity contribution in [1.82, 2.24) is 0 Å². The van der Waals surface area contributed by atoms with Crippen LogP contribution in [0, 0.1) is 0 Å². The molecular formula is C14H26O3. The summed E-state index contributed by atoms with van der Waals surface area (Å²) >= 11 is 0. The lowest BCUT2D eigenvalue weighted by atomic mass is 10.1. The fraction of sp³-hybridized carbons (Fsp3) is 0.786. The summed E-state index contributed by atoms with van der Waals surface area (Å²) < 4.78 is 10.3. The van der Waals surface area contributed by atoms with Gasteiger partial charge in [-0.1, -0.05) is 45.6 Å². The summed E-state index contributed by atoms with van der Waals surface area (Å²) in [6.07, 6.45) is 9.62. The Bertz CT molecular complexity index is 190. The van der Waals surface area contributed by atoms with Crippen LogP contribution in [-0.4, -0.2) is 25.8 Å². The number of rotatable bonds is 12. The maximum atomic E-state index is 10.7. The summed E-state index contributed by atoms with van der Waals surface area (Å²) in [6, 6.07) is 0. The Labute approximate surface area is 105 Å². The number of carbonyl (C=O) groups is 1. The predicted molar refractivity (Wildman–Crippen MR) is 70.0 cm³/mol. The fourth-order valence-corrected chi connectivity index (χ4v) is 1.48. The Morgan fingerprint density at radius 1 is 1.00 bits per heavy atom. The zero-order valence-corrected chi connectivity index (χ0v) is 11.1. The Hall–Kier alpha value is -0.830. The molecule has 0 spiro atoms. The third-order valence-corrected chi connectivity index (χ3v) is 2.49. The SMILES string of the molecule is C=CC(=O)OCCCOCCCCCCCC. The van der Waals surface area contributed by atoms with Gasteiger partial charge in [-0.3, -0.25) is 0 Å². The molecule has 0 saturated heterocycles. The van der Waals surface area contributed by atoms with Crippen LogP contribution in [0.15, 0.2) is 12.7 Å². The maximum absolute atomic E-state index is 10.7. The van der Waals surface area contributed by atoms with Gasteiger partial charge in [-0.05, 0) is 6.42 Å². The molecule has 0 unspecified atom stereocenters. The lowest BCUT2D eigenvalue weighted by Crippen LogP contribution is -2.05. The number of unbranched alkanes of at least 4 members (excludes halogenated alkanes) is 5. The molecule has 0 aromatic carbocycles. The van der Waals surface area contributed by atoms with Crippen LogP contribution in [-0.2, 0) is 14.3 Å². The van der Waals surface area contributed by atoms with Crippen LogP contribution >= 0.6 is 0 Å². The van der Waals surface area contributed by atoms with E-state index in [9.17, 15) is 4.79 Å². The van der Waals surface area contributed by atoms with Crippen LogP contribution in [0.4, 0.5) is 0 Å². The zero-order valence-electron chi connectivity index (χ0n) is 11.1. The average molecular weight is 242 g/mol. The Balaban J connectivity index is 2.98. The van der Waals surface area contributed by atoms with Crippen molar-refractivity contribution >= 4 is 5.97 Å². The highest BCUT2D eigenvalue weighted by molar-refractivity contribution is 5.81. The molecule has 0 aliphatic carbocycles. The third kappa shape index (κ3) is 13.1. The van der Waals surface area contributed by atoms with E-state index in [4.69, 9.17) is 9.47 Å². The fourth-order valence-electron chi connectivity index (χ4n) is 1.48. The monoisotopic (exact) mass is 242 g/mol. The number of hydrogen-bond acceptors (Lipinski definition) is 3. The highest BCUT2D eigenvalue weighted by atomic mass is 16.5. The van der Waals surface area contributed by atoms with Gasteiger partial charge < -0.3 is 9.47 Å². The van der Waals surface area contributed by atoms with Gasteiger partial charge in [0, 0.05) is 25.7 Å². The summed E-state index contributed by atoms with van der Waals surface area (Å²) in [5, 5.41) is 0. The topological polar surface area (TPSA) is 35.5 Å². The first-order chi connectivity index (χ1) is 8.31. The lowest BCUT2D eigenvalue weighted by Gasteiger charge is -2.04. The molecule has 0 aliphatic rings. The minimum atomic E-state index is -0.360. The second-order valence-electron chi connectivity index (χ2n) is 4.11. The molecule has 0 heterocycles. The van der Waals surface area contributed by atoms with Gasteiger partial charge in [-0.25, -0.2) is 4.79 Å². The standard InChI is InChI=1S/C14H26O3/c1-3-5-6-7-8-9-11-16-12-10-13-17-14(15)4-2/h4H,2-3,5-13H2,1H3. The maximum Gasteiger partial charge on any atom is 0.330 e. The summed E-state index contributed by atoms with van der Waals surface area (Å²) in [6.45, 7) is 7.45. The summed E-state index contributed by atoms with van der Waals surface area (Å²) in [5.74, 6) is -0.360. The smallest absolute Gasteiger partial charge is 0.330 e. The van der Waals surface area contributed by atoms with Gasteiger partial charge in [0.1, 0.15) is 0 Å². The largest absolute Gasteiger partial charge is 0.462 e. The minimum absolute atomic E-state index is 0.360. The Kier molecular flexibility index (Phi) is 12.6. The minimum Gasteiger partial charge on any atom is -0.462 e. The van der Waals surface area contributed by atoms with E-state index in [1.807, 2.05) is 0 Å². The van der Waals surface area contributed by atoms with Crippen molar-refractivity contribution in [3.8, 4) is 0 Å². The number of ether oxygens (including phenoxy) is 2. The second kappa shape index (κ2) is 13.2. The van der Waals surface area contributed by atoms with E-state index in [0.29, 0.717) is 13.2 Å². The van der Waals surface area contributed by atoms with E-state index < -0.39 is 0 Å². The van der Waals surface area contributed by atoms with E-state index in [2.05, 4.69) is 13.5 Å². The van der Waals surface area contributed by atoms with Crippen LogP contribution in [0.2, 0.25) is 0 Å². The molecule has 0 rings (SSSR count). The highest BCUT2D eigenvalue weighted by Crippen LogP contribution is 2.04. The van der Waals surface area contributed by atoms with Crippen LogP contribution in [0.1, 0.15) is 51.9 Å². The van der Waals surface area contributed by atoms with Crippen LogP contribution in [0.3, 0.4) is 0 Å². The molecule has 3 nitrogen and oxygen atoms in total.